The van der Waals surface area contributed by atoms with Crippen molar-refractivity contribution in [3.05, 3.63) is 18.1 Å². The number of hydrogen-bond donors (Lipinski definition) is 3. The van der Waals surface area contributed by atoms with Gasteiger partial charge in [0.1, 0.15) is 12.2 Å². The van der Waals surface area contributed by atoms with Crippen LogP contribution in [-0.2, 0) is 28.5 Å². The normalized spacial score (nSPS) is 48.4. The van der Waals surface area contributed by atoms with Crippen LogP contribution in [0.15, 0.2) is 0 Å². The third-order valence-electron chi connectivity index (χ3n) is 16.0. The lowest BCUT2D eigenvalue weighted by Crippen LogP contribution is -2.59. The Morgan fingerprint density at radius 1 is 1.12 bits per heavy atom. The Balaban J connectivity index is 1.02. The molecule has 0 bridgehead atoms. The number of nitrogens with one attached hydrogen (secondary N) is 1. The maximum atomic E-state index is 12.5. The molecule has 10 heteroatoms. The zero-order valence-corrected chi connectivity index (χ0v) is 31.6. The number of hydrogen-bond acceptors (Lipinski definition) is 9. The van der Waals surface area contributed by atoms with E-state index in [0.717, 1.165) is 58.0 Å². The Morgan fingerprint density at radius 2 is 1.88 bits per heavy atom. The molecule has 5 saturated carbocycles. The molecule has 5 aliphatic carbocycles. The summed E-state index contributed by atoms with van der Waals surface area (Å²) < 4.78 is 25.4. The lowest BCUT2D eigenvalue weighted by Gasteiger charge is -2.63. The van der Waals surface area contributed by atoms with Crippen LogP contribution in [0, 0.1) is 63.0 Å². The number of aliphatic hydroxyl groups excluding tert-OH is 1. The first-order valence-electron chi connectivity index (χ1n) is 19.5. The molecule has 8 rings (SSSR count). The summed E-state index contributed by atoms with van der Waals surface area (Å²) in [4.78, 5) is 26.8. The largest absolute Gasteiger partial charge is 0.456 e. The quantitative estimate of drug-likeness (QED) is 0.338. The molecular weight excluding hydrogens is 636 g/mol. The highest BCUT2D eigenvalue weighted by atomic mass is 16.7. The highest BCUT2D eigenvalue weighted by molar-refractivity contribution is 5.83. The van der Waals surface area contributed by atoms with Crippen molar-refractivity contribution in [1.82, 2.24) is 10.2 Å². The maximum absolute atomic E-state index is 12.5. The van der Waals surface area contributed by atoms with Crippen molar-refractivity contribution in [2.45, 2.75) is 149 Å². The van der Waals surface area contributed by atoms with Gasteiger partial charge in [0.2, 0.25) is 5.91 Å². The molecule has 8 aliphatic rings. The molecule has 12 atom stereocenters. The summed E-state index contributed by atoms with van der Waals surface area (Å²) in [6, 6.07) is -0.0766. The Labute approximate surface area is 299 Å². The van der Waals surface area contributed by atoms with Gasteiger partial charge in [-0.05, 0) is 111 Å². The molecule has 10 nitrogen and oxygen atoms in total. The summed E-state index contributed by atoms with van der Waals surface area (Å²) in [5, 5.41) is 26.5. The van der Waals surface area contributed by atoms with E-state index in [1.165, 1.54) is 13.3 Å². The first-order valence-corrected chi connectivity index (χ1v) is 19.5. The smallest absolute Gasteiger partial charge is 0.303 e. The first kappa shape index (κ1) is 35.7. The number of ether oxygens (including phenoxy) is 4. The summed E-state index contributed by atoms with van der Waals surface area (Å²) in [5.74, 6) is 2.00. The third-order valence-corrected chi connectivity index (χ3v) is 16.0. The number of rotatable bonds is 6. The van der Waals surface area contributed by atoms with E-state index < -0.39 is 29.2 Å². The average Bonchev–Trinajstić information content (AvgIpc) is 3.44. The third kappa shape index (κ3) is 4.79. The molecule has 0 aromatic heterocycles. The van der Waals surface area contributed by atoms with Gasteiger partial charge >= 0.3 is 5.97 Å². The van der Waals surface area contributed by atoms with Crippen LogP contribution in [0.1, 0.15) is 113 Å². The lowest BCUT2D eigenvalue weighted by atomic mass is 9.41. The van der Waals surface area contributed by atoms with Gasteiger partial charge in [0, 0.05) is 31.3 Å². The summed E-state index contributed by atoms with van der Waals surface area (Å²) >= 11 is 0. The van der Waals surface area contributed by atoms with Gasteiger partial charge in [-0.1, -0.05) is 34.6 Å². The summed E-state index contributed by atoms with van der Waals surface area (Å²) in [5.41, 5.74) is -1.60. The van der Waals surface area contributed by atoms with E-state index in [9.17, 15) is 19.8 Å². The van der Waals surface area contributed by atoms with Crippen molar-refractivity contribution in [2.24, 2.45) is 44.8 Å². The second-order valence-electron chi connectivity index (χ2n) is 19.2. The molecule has 1 amide bonds. The predicted molar refractivity (Wildman–Crippen MR) is 184 cm³/mol. The van der Waals surface area contributed by atoms with Gasteiger partial charge in [0.15, 0.2) is 12.4 Å². The number of fused-ring (bicyclic) bond motifs is 4. The van der Waals surface area contributed by atoms with E-state index in [-0.39, 0.29) is 57.8 Å². The molecule has 50 heavy (non-hydrogen) atoms. The van der Waals surface area contributed by atoms with Crippen LogP contribution in [0.25, 0.3) is 0 Å². The number of esters is 1. The lowest BCUT2D eigenvalue weighted by molar-refractivity contribution is -0.245. The molecule has 2 unspecified atom stereocenters. The summed E-state index contributed by atoms with van der Waals surface area (Å²) in [6.45, 7) is 19.2. The second-order valence-corrected chi connectivity index (χ2v) is 19.2. The molecule has 279 valence electrons. The highest BCUT2D eigenvalue weighted by Crippen LogP contribution is 2.90. The molecule has 0 aromatic carbocycles. The predicted octanol–water partition coefficient (Wildman–Crippen LogP) is 4.72. The topological polar surface area (TPSA) is 127 Å². The molecule has 3 heterocycles. The Hall–Kier alpha value is -1.30. The van der Waals surface area contributed by atoms with Crippen LogP contribution >= 0.6 is 0 Å². The number of morpholine rings is 1. The standard InChI is InChI=1S/C40H61N2O8/c1-22-19-25(33(36(5,6)46)48-23(2)43)49-31-30(22)37(7)14-15-40-21-39(40)13-11-28(35(3,4)26(39)9-10-27(40)38(37,8)32(31)44)50-29-20-42(17-18-47-29)24-12-16-41-34(24)45/h22,24,26,28-30,32-33,44,46H,9-21H2,1-8H3,(H,41,45)/t22-,24?,26+,28?,29+,30+,32+,33+,37-,38-,39-,40+/m1/s1. The van der Waals surface area contributed by atoms with Crippen LogP contribution in [0.3, 0.4) is 0 Å². The number of nitrogens with zero attached hydrogens (tertiary/aromatic N) is 1. The van der Waals surface area contributed by atoms with Crippen molar-refractivity contribution < 1.29 is 38.7 Å². The summed E-state index contributed by atoms with van der Waals surface area (Å²) in [6.07, 6.45) is 8.35. The molecule has 2 spiro atoms. The molecule has 3 N–H and O–H groups in total. The number of aliphatic hydroxyl groups is 2. The van der Waals surface area contributed by atoms with Crippen LogP contribution < -0.4 is 5.32 Å². The van der Waals surface area contributed by atoms with Gasteiger partial charge in [0.25, 0.3) is 0 Å². The minimum absolute atomic E-state index is 0.0351. The van der Waals surface area contributed by atoms with Crippen LogP contribution in [-0.4, -0.2) is 89.5 Å². The summed E-state index contributed by atoms with van der Waals surface area (Å²) in [7, 11) is 0. The van der Waals surface area contributed by atoms with Crippen molar-refractivity contribution in [2.75, 3.05) is 26.2 Å². The Morgan fingerprint density at radius 3 is 2.56 bits per heavy atom. The van der Waals surface area contributed by atoms with Crippen LogP contribution in [0.2, 0.25) is 0 Å². The van der Waals surface area contributed by atoms with E-state index in [0.29, 0.717) is 37.7 Å². The highest BCUT2D eigenvalue weighted by Gasteiger charge is 2.85. The molecule has 3 aliphatic heterocycles. The SMILES string of the molecule is CC(=O)O[C@@H]([C]1C[C@@H](C)[C@H]2[C](O1)[C@H](O)[C@@]1(C)[C]3CC[C@H]4C(C)(C)C(O[C@H]5CN(C6CCNC6=O)CCO5)CC[C@@]45C[C@@]35CC[C@]21C)C(C)(C)O. The van der Waals surface area contributed by atoms with Crippen molar-refractivity contribution in [3.8, 4) is 0 Å². The van der Waals surface area contributed by atoms with Crippen LogP contribution in [0.4, 0.5) is 0 Å². The van der Waals surface area contributed by atoms with Crippen molar-refractivity contribution >= 4 is 11.9 Å². The molecule has 3 radical (unpaired) electrons. The van der Waals surface area contributed by atoms with E-state index in [1.807, 2.05) is 0 Å². The van der Waals surface area contributed by atoms with Gasteiger partial charge in [-0.25, -0.2) is 0 Å². The number of carbonyl (C=O) groups excluding carboxylic acids is 2. The zero-order valence-electron chi connectivity index (χ0n) is 31.6. The van der Waals surface area contributed by atoms with Gasteiger partial charge < -0.3 is 34.5 Å². The molecule has 0 aromatic rings. The Bertz CT molecular complexity index is 1380. The van der Waals surface area contributed by atoms with E-state index in [4.69, 9.17) is 18.9 Å². The zero-order chi connectivity index (χ0) is 35.8. The second kappa shape index (κ2) is 11.6. The first-order chi connectivity index (χ1) is 23.4. The van der Waals surface area contributed by atoms with Crippen molar-refractivity contribution in [3.63, 3.8) is 0 Å². The van der Waals surface area contributed by atoms with E-state index in [1.54, 1.807) is 19.8 Å². The minimum atomic E-state index is -1.32. The van der Waals surface area contributed by atoms with E-state index in [2.05, 4.69) is 44.8 Å². The fraction of sp³-hybridized carbons (Fsp3) is 0.875. The van der Waals surface area contributed by atoms with Gasteiger partial charge in [0.05, 0.1) is 37.0 Å². The fourth-order valence-electron chi connectivity index (χ4n) is 13.7. The molecule has 3 saturated heterocycles. The monoisotopic (exact) mass is 697 g/mol. The minimum Gasteiger partial charge on any atom is -0.456 e. The molecule has 8 fully saturated rings. The maximum Gasteiger partial charge on any atom is 0.303 e. The molecular formula is C40H61N2O8. The Kier molecular flexibility index (Phi) is 8.29. The number of carbonyl (C=O) groups is 2. The van der Waals surface area contributed by atoms with Gasteiger partial charge in [-0.3, -0.25) is 14.5 Å². The van der Waals surface area contributed by atoms with Gasteiger partial charge in [-0.15, -0.1) is 0 Å². The number of amides is 1. The van der Waals surface area contributed by atoms with Crippen LogP contribution in [0.5, 0.6) is 0 Å². The van der Waals surface area contributed by atoms with Gasteiger partial charge in [-0.2, -0.15) is 0 Å². The van der Waals surface area contributed by atoms with Crippen molar-refractivity contribution in [1.29, 1.82) is 0 Å². The average molecular weight is 698 g/mol. The van der Waals surface area contributed by atoms with E-state index >= 15 is 0 Å². The fourth-order valence-corrected chi connectivity index (χ4v) is 13.7.